The Balaban J connectivity index is 1.36. The van der Waals surface area contributed by atoms with Crippen LogP contribution in [0.3, 0.4) is 0 Å². The van der Waals surface area contributed by atoms with Crippen LogP contribution in [0.5, 0.6) is 0 Å². The minimum Gasteiger partial charge on any atom is -0.369 e. The SMILES string of the molecule is NC(=O)C1([C@@H]2[C@@H](Cc3nccs3)C(=O)N(c3ccc4c(cnn4-c4ccc(F)cc4)c3)[C@H]2c2ccccc2)CC1. The molecule has 1 saturated carbocycles. The number of thiazole rings is 1. The lowest BCUT2D eigenvalue weighted by Gasteiger charge is -2.33. The standard InChI is InChI=1S/C31H26FN5O2S/c32-21-6-8-22(9-7-21)37-25-11-10-23(16-20(25)18-35-37)36-28(19-4-2-1-3-5-19)27(31(12-13-31)30(33)39)24(29(36)38)17-26-34-14-15-40-26/h1-11,14-16,18,24,27-28H,12-13,17H2,(H2,33,39)/t24-,27-,28+/m1/s1. The third-order valence-electron chi connectivity index (χ3n) is 8.44. The van der Waals surface area contributed by atoms with Gasteiger partial charge in [0.05, 0.1) is 39.8 Å². The molecule has 7 rings (SSSR count). The monoisotopic (exact) mass is 551 g/mol. The van der Waals surface area contributed by atoms with Crippen LogP contribution in [0.4, 0.5) is 10.1 Å². The molecule has 3 atom stereocenters. The van der Waals surface area contributed by atoms with Crippen LogP contribution in [0.15, 0.2) is 90.6 Å². The predicted octanol–water partition coefficient (Wildman–Crippen LogP) is 5.45. The Morgan fingerprint density at radius 3 is 2.48 bits per heavy atom. The van der Waals surface area contributed by atoms with Crippen molar-refractivity contribution in [3.63, 3.8) is 0 Å². The highest BCUT2D eigenvalue weighted by molar-refractivity contribution is 7.09. The summed E-state index contributed by atoms with van der Waals surface area (Å²) in [4.78, 5) is 33.7. The normalized spacial score (nSPS) is 21.7. The van der Waals surface area contributed by atoms with E-state index in [1.165, 1.54) is 23.5 Å². The van der Waals surface area contributed by atoms with Gasteiger partial charge in [-0.25, -0.2) is 14.1 Å². The van der Waals surface area contributed by atoms with Crippen LogP contribution >= 0.6 is 11.3 Å². The van der Waals surface area contributed by atoms with Crippen molar-refractivity contribution in [2.24, 2.45) is 23.0 Å². The van der Waals surface area contributed by atoms with Gasteiger partial charge in [-0.3, -0.25) is 9.59 Å². The Morgan fingerprint density at radius 1 is 1.05 bits per heavy atom. The summed E-state index contributed by atoms with van der Waals surface area (Å²) in [6.45, 7) is 0. The predicted molar refractivity (Wildman–Crippen MR) is 151 cm³/mol. The molecule has 200 valence electrons. The number of hydrogen-bond donors (Lipinski definition) is 1. The van der Waals surface area contributed by atoms with Gasteiger partial charge < -0.3 is 10.6 Å². The van der Waals surface area contributed by atoms with Crippen LogP contribution in [-0.4, -0.2) is 26.6 Å². The molecule has 0 unspecified atom stereocenters. The van der Waals surface area contributed by atoms with Crippen molar-refractivity contribution in [2.75, 3.05) is 4.90 Å². The van der Waals surface area contributed by atoms with E-state index in [4.69, 9.17) is 5.73 Å². The second kappa shape index (κ2) is 9.38. The van der Waals surface area contributed by atoms with Crippen molar-refractivity contribution < 1.29 is 14.0 Å². The maximum atomic E-state index is 14.4. The first-order valence-electron chi connectivity index (χ1n) is 13.3. The van der Waals surface area contributed by atoms with Gasteiger partial charge in [-0.2, -0.15) is 5.10 Å². The summed E-state index contributed by atoms with van der Waals surface area (Å²) >= 11 is 1.52. The number of carbonyl (C=O) groups is 2. The highest BCUT2D eigenvalue weighted by Crippen LogP contribution is 2.63. The fourth-order valence-corrected chi connectivity index (χ4v) is 7.10. The molecule has 1 aliphatic carbocycles. The zero-order valence-corrected chi connectivity index (χ0v) is 22.3. The zero-order valence-electron chi connectivity index (χ0n) is 21.5. The average Bonchev–Trinajstić information content (AvgIpc) is 3.27. The molecular weight excluding hydrogens is 525 g/mol. The van der Waals surface area contributed by atoms with Crippen LogP contribution in [0.25, 0.3) is 16.6 Å². The number of nitrogens with two attached hydrogens (primary N) is 1. The number of primary amides is 1. The van der Waals surface area contributed by atoms with E-state index in [0.29, 0.717) is 19.3 Å². The molecule has 1 aliphatic heterocycles. The number of fused-ring (bicyclic) bond motifs is 1. The highest BCUT2D eigenvalue weighted by atomic mass is 32.1. The molecule has 9 heteroatoms. The second-order valence-corrected chi connectivity index (χ2v) is 11.6. The Kier molecular flexibility index (Phi) is 5.78. The van der Waals surface area contributed by atoms with E-state index >= 15 is 0 Å². The summed E-state index contributed by atoms with van der Waals surface area (Å²) in [5.41, 5.74) is 8.59. The van der Waals surface area contributed by atoms with Gasteiger partial charge in [-0.15, -0.1) is 11.3 Å². The van der Waals surface area contributed by atoms with Crippen molar-refractivity contribution >= 4 is 39.7 Å². The Morgan fingerprint density at radius 2 is 1.80 bits per heavy atom. The van der Waals surface area contributed by atoms with Gasteiger partial charge in [0.2, 0.25) is 11.8 Å². The van der Waals surface area contributed by atoms with Gasteiger partial charge in [0.15, 0.2) is 0 Å². The van der Waals surface area contributed by atoms with Crippen LogP contribution in [-0.2, 0) is 16.0 Å². The highest BCUT2D eigenvalue weighted by Gasteiger charge is 2.65. The number of amides is 2. The number of rotatable bonds is 7. The molecule has 3 heterocycles. The molecule has 1 saturated heterocycles. The summed E-state index contributed by atoms with van der Waals surface area (Å²) < 4.78 is 15.3. The molecule has 0 bridgehead atoms. The van der Waals surface area contributed by atoms with Crippen molar-refractivity contribution in [3.8, 4) is 5.69 Å². The second-order valence-electron chi connectivity index (χ2n) is 10.6. The lowest BCUT2D eigenvalue weighted by atomic mass is 9.73. The molecule has 2 aliphatic rings. The molecule has 7 nitrogen and oxygen atoms in total. The van der Waals surface area contributed by atoms with Crippen molar-refractivity contribution in [1.82, 2.24) is 14.8 Å². The smallest absolute Gasteiger partial charge is 0.231 e. The molecule has 2 amide bonds. The van der Waals surface area contributed by atoms with Crippen LogP contribution in [0.2, 0.25) is 0 Å². The molecule has 40 heavy (non-hydrogen) atoms. The van der Waals surface area contributed by atoms with E-state index in [-0.39, 0.29) is 29.6 Å². The van der Waals surface area contributed by atoms with Crippen LogP contribution in [0.1, 0.15) is 29.5 Å². The summed E-state index contributed by atoms with van der Waals surface area (Å²) in [5, 5.41) is 8.15. The first-order chi connectivity index (χ1) is 19.5. The number of halogens is 1. The summed E-state index contributed by atoms with van der Waals surface area (Å²) in [5.74, 6) is -1.42. The first-order valence-corrected chi connectivity index (χ1v) is 14.1. The van der Waals surface area contributed by atoms with E-state index in [0.717, 1.165) is 32.8 Å². The molecule has 0 spiro atoms. The van der Waals surface area contributed by atoms with Gasteiger partial charge in [-0.1, -0.05) is 30.3 Å². The summed E-state index contributed by atoms with van der Waals surface area (Å²) in [6.07, 6.45) is 5.30. The lowest BCUT2D eigenvalue weighted by Crippen LogP contribution is -2.38. The van der Waals surface area contributed by atoms with Crippen molar-refractivity contribution in [1.29, 1.82) is 0 Å². The maximum Gasteiger partial charge on any atom is 0.231 e. The van der Waals surface area contributed by atoms with Crippen molar-refractivity contribution in [3.05, 3.63) is 107 Å². The minimum atomic E-state index is -0.732. The molecule has 0 radical (unpaired) electrons. The molecule has 2 fully saturated rings. The molecule has 5 aromatic rings. The number of benzene rings is 3. The molecule has 2 aromatic heterocycles. The summed E-state index contributed by atoms with van der Waals surface area (Å²) in [6, 6.07) is 21.5. The number of hydrogen-bond acceptors (Lipinski definition) is 5. The van der Waals surface area contributed by atoms with Gasteiger partial charge in [0, 0.05) is 35.0 Å². The van der Waals surface area contributed by atoms with E-state index in [9.17, 15) is 14.0 Å². The van der Waals surface area contributed by atoms with Crippen LogP contribution in [0, 0.1) is 23.1 Å². The first kappa shape index (κ1) is 24.7. The van der Waals surface area contributed by atoms with E-state index < -0.39 is 11.3 Å². The third kappa shape index (κ3) is 3.92. The topological polar surface area (TPSA) is 94.1 Å². The Bertz CT molecular complexity index is 1710. The largest absolute Gasteiger partial charge is 0.369 e. The molecule has 3 aromatic carbocycles. The van der Waals surface area contributed by atoms with Gasteiger partial charge in [0.1, 0.15) is 5.82 Å². The number of aromatic nitrogens is 3. The molecular formula is C31H26FN5O2S. The molecule has 2 N–H and O–H groups in total. The zero-order chi connectivity index (χ0) is 27.4. The van der Waals surface area contributed by atoms with E-state index in [1.807, 2.05) is 58.8 Å². The third-order valence-corrected chi connectivity index (χ3v) is 9.25. The Labute approximate surface area is 234 Å². The average molecular weight is 552 g/mol. The fourth-order valence-electron chi connectivity index (χ4n) is 6.42. The quantitative estimate of drug-likeness (QED) is 0.291. The van der Waals surface area contributed by atoms with Gasteiger partial charge >= 0.3 is 0 Å². The lowest BCUT2D eigenvalue weighted by molar-refractivity contribution is -0.127. The number of anilines is 1. The summed E-state index contributed by atoms with van der Waals surface area (Å²) in [7, 11) is 0. The maximum absolute atomic E-state index is 14.4. The minimum absolute atomic E-state index is 0.0353. The van der Waals surface area contributed by atoms with Gasteiger partial charge in [-0.05, 0) is 60.9 Å². The number of nitrogens with zero attached hydrogens (tertiary/aromatic N) is 4. The van der Waals surface area contributed by atoms with E-state index in [2.05, 4.69) is 10.1 Å². The van der Waals surface area contributed by atoms with E-state index in [1.54, 1.807) is 29.2 Å². The number of carbonyl (C=O) groups excluding carboxylic acids is 2. The van der Waals surface area contributed by atoms with Crippen molar-refractivity contribution in [2.45, 2.75) is 25.3 Å². The fraction of sp³-hybridized carbons (Fsp3) is 0.226. The Hall–Kier alpha value is -4.37. The van der Waals surface area contributed by atoms with Crippen LogP contribution < -0.4 is 10.6 Å². The van der Waals surface area contributed by atoms with Gasteiger partial charge in [0.25, 0.3) is 0 Å².